The van der Waals surface area contributed by atoms with Gasteiger partial charge in [-0.3, -0.25) is 0 Å². The molecule has 1 aromatic rings. The lowest BCUT2D eigenvalue weighted by molar-refractivity contribution is 0.192. The minimum atomic E-state index is -3.11. The van der Waals surface area contributed by atoms with Crippen LogP contribution in [0.4, 0.5) is 0 Å². The number of hydrogen-bond acceptors (Lipinski definition) is 4. The van der Waals surface area contributed by atoms with Gasteiger partial charge in [-0.2, -0.15) is 0 Å². The predicted molar refractivity (Wildman–Crippen MR) is 79.2 cm³/mol. The summed E-state index contributed by atoms with van der Waals surface area (Å²) in [4.78, 5) is 0. The van der Waals surface area contributed by atoms with Gasteiger partial charge in [0.05, 0.1) is 17.1 Å². The first-order chi connectivity index (χ1) is 8.74. The molecule has 0 aliphatic heterocycles. The lowest BCUT2D eigenvalue weighted by atomic mass is 10.1. The van der Waals surface area contributed by atoms with Crippen LogP contribution in [0.2, 0.25) is 0 Å². The van der Waals surface area contributed by atoms with Crippen molar-refractivity contribution in [2.75, 3.05) is 12.4 Å². The fraction of sp³-hybridized carbons (Fsp3) is 0.538. The molecule has 0 bridgehead atoms. The highest BCUT2D eigenvalue weighted by molar-refractivity contribution is 9.10. The Kier molecular flexibility index (Phi) is 5.82. The normalized spacial score (nSPS) is 13.6. The Labute approximate surface area is 122 Å². The molecule has 4 nitrogen and oxygen atoms in total. The first kappa shape index (κ1) is 16.5. The van der Waals surface area contributed by atoms with Crippen LogP contribution < -0.4 is 4.74 Å². The number of aliphatic hydroxyl groups is 1. The summed E-state index contributed by atoms with van der Waals surface area (Å²) in [6.45, 7) is 5.02. The quantitative estimate of drug-likeness (QED) is 0.856. The van der Waals surface area contributed by atoms with Gasteiger partial charge in [-0.25, -0.2) is 8.42 Å². The molecule has 0 amide bonds. The summed E-state index contributed by atoms with van der Waals surface area (Å²) in [5, 5.41) is 9.25. The molecule has 0 fully saturated rings. The van der Waals surface area contributed by atoms with Gasteiger partial charge in [0.15, 0.2) is 9.84 Å². The van der Waals surface area contributed by atoms with Crippen molar-refractivity contribution in [1.29, 1.82) is 0 Å². The number of halogens is 1. The van der Waals surface area contributed by atoms with E-state index in [0.717, 1.165) is 4.47 Å². The molecule has 108 valence electrons. The number of sulfone groups is 1. The molecule has 0 radical (unpaired) electrons. The van der Waals surface area contributed by atoms with Crippen molar-refractivity contribution in [2.45, 2.75) is 32.1 Å². The Morgan fingerprint density at radius 2 is 1.95 bits per heavy atom. The predicted octanol–water partition coefficient (Wildman–Crippen LogP) is 2.70. The third-order valence-electron chi connectivity index (χ3n) is 2.77. The Morgan fingerprint density at radius 3 is 2.47 bits per heavy atom. The second kappa shape index (κ2) is 6.72. The van der Waals surface area contributed by atoms with E-state index in [-0.39, 0.29) is 12.4 Å². The molecule has 0 heterocycles. The Balaban J connectivity index is 2.74. The van der Waals surface area contributed by atoms with Crippen molar-refractivity contribution in [3.05, 3.63) is 28.2 Å². The molecule has 0 aromatic heterocycles. The van der Waals surface area contributed by atoms with Gasteiger partial charge in [0.25, 0.3) is 0 Å². The van der Waals surface area contributed by atoms with Crippen molar-refractivity contribution >= 4 is 25.8 Å². The standard InChI is InChI=1S/C13H19BrO4S/c1-9(2)19(16,17)7-6-18-13-5-4-11(14)8-12(13)10(3)15/h4-5,8-10,15H,6-7H2,1-3H3. The third kappa shape index (κ3) is 4.78. The summed E-state index contributed by atoms with van der Waals surface area (Å²) in [5.74, 6) is 0.483. The maximum Gasteiger partial charge on any atom is 0.155 e. The molecule has 0 aliphatic carbocycles. The van der Waals surface area contributed by atoms with Crippen LogP contribution >= 0.6 is 15.9 Å². The lowest BCUT2D eigenvalue weighted by Gasteiger charge is -2.14. The van der Waals surface area contributed by atoms with E-state index < -0.39 is 21.2 Å². The third-order valence-corrected chi connectivity index (χ3v) is 5.43. The summed E-state index contributed by atoms with van der Waals surface area (Å²) < 4.78 is 29.6. The SMILES string of the molecule is CC(O)c1cc(Br)ccc1OCCS(=O)(=O)C(C)C. The topological polar surface area (TPSA) is 63.6 Å². The van der Waals surface area contributed by atoms with Gasteiger partial charge in [0.2, 0.25) is 0 Å². The van der Waals surface area contributed by atoms with Crippen LogP contribution in [0.5, 0.6) is 5.75 Å². The maximum atomic E-state index is 11.7. The van der Waals surface area contributed by atoms with Gasteiger partial charge in [0, 0.05) is 10.0 Å². The van der Waals surface area contributed by atoms with Gasteiger partial charge in [-0.15, -0.1) is 0 Å². The van der Waals surface area contributed by atoms with Crippen LogP contribution in [0.1, 0.15) is 32.4 Å². The molecule has 0 spiro atoms. The van der Waals surface area contributed by atoms with Crippen LogP contribution in [0.15, 0.2) is 22.7 Å². The van der Waals surface area contributed by atoms with Crippen LogP contribution in [0.25, 0.3) is 0 Å². The van der Waals surface area contributed by atoms with E-state index in [0.29, 0.717) is 11.3 Å². The Morgan fingerprint density at radius 1 is 1.32 bits per heavy atom. The summed E-state index contributed by atoms with van der Waals surface area (Å²) in [5.41, 5.74) is 0.635. The zero-order chi connectivity index (χ0) is 14.6. The van der Waals surface area contributed by atoms with E-state index in [9.17, 15) is 13.5 Å². The molecule has 1 aromatic carbocycles. The number of aliphatic hydroxyl groups excluding tert-OH is 1. The highest BCUT2D eigenvalue weighted by atomic mass is 79.9. The zero-order valence-corrected chi connectivity index (χ0v) is 13.7. The van der Waals surface area contributed by atoms with Gasteiger partial charge >= 0.3 is 0 Å². The number of ether oxygens (including phenoxy) is 1. The number of hydrogen-bond donors (Lipinski definition) is 1. The Bertz CT molecular complexity index is 523. The van der Waals surface area contributed by atoms with Crippen LogP contribution in [0, 0.1) is 0 Å². The molecular formula is C13H19BrO4S. The van der Waals surface area contributed by atoms with Crippen LogP contribution in [-0.4, -0.2) is 31.1 Å². The summed E-state index contributed by atoms with van der Waals surface area (Å²) in [6, 6.07) is 5.27. The van der Waals surface area contributed by atoms with Gasteiger partial charge in [-0.1, -0.05) is 15.9 Å². The molecule has 1 rings (SSSR count). The van der Waals surface area contributed by atoms with Crippen molar-refractivity contribution in [2.24, 2.45) is 0 Å². The first-order valence-corrected chi connectivity index (χ1v) is 8.56. The second-order valence-corrected chi connectivity index (χ2v) is 8.21. The maximum absolute atomic E-state index is 11.7. The minimum Gasteiger partial charge on any atom is -0.492 e. The minimum absolute atomic E-state index is 0.0278. The van der Waals surface area contributed by atoms with Crippen molar-refractivity contribution in [3.8, 4) is 5.75 Å². The fourth-order valence-electron chi connectivity index (χ4n) is 1.48. The molecule has 1 N–H and O–H groups in total. The van der Waals surface area contributed by atoms with Crippen LogP contribution in [0.3, 0.4) is 0 Å². The molecule has 1 unspecified atom stereocenters. The number of benzene rings is 1. The zero-order valence-electron chi connectivity index (χ0n) is 11.3. The molecule has 1 atom stereocenters. The molecular weight excluding hydrogens is 332 g/mol. The molecule has 0 aliphatic rings. The summed E-state index contributed by atoms with van der Waals surface area (Å²) in [7, 11) is -3.11. The van der Waals surface area contributed by atoms with Crippen LogP contribution in [-0.2, 0) is 9.84 Å². The molecule has 19 heavy (non-hydrogen) atoms. The average molecular weight is 351 g/mol. The Hall–Kier alpha value is -0.590. The smallest absolute Gasteiger partial charge is 0.155 e. The van der Waals surface area contributed by atoms with E-state index >= 15 is 0 Å². The molecule has 6 heteroatoms. The van der Waals surface area contributed by atoms with Crippen molar-refractivity contribution in [3.63, 3.8) is 0 Å². The highest BCUT2D eigenvalue weighted by Crippen LogP contribution is 2.28. The number of rotatable bonds is 6. The van der Waals surface area contributed by atoms with Crippen molar-refractivity contribution in [1.82, 2.24) is 0 Å². The molecule has 0 saturated carbocycles. The van der Waals surface area contributed by atoms with Gasteiger partial charge in [0.1, 0.15) is 12.4 Å². The fourth-order valence-corrected chi connectivity index (χ4v) is 2.65. The second-order valence-electron chi connectivity index (χ2n) is 4.62. The van der Waals surface area contributed by atoms with Crippen molar-refractivity contribution < 1.29 is 18.3 Å². The molecule has 0 saturated heterocycles. The monoisotopic (exact) mass is 350 g/mol. The first-order valence-electron chi connectivity index (χ1n) is 6.06. The highest BCUT2D eigenvalue weighted by Gasteiger charge is 2.17. The largest absolute Gasteiger partial charge is 0.492 e. The van der Waals surface area contributed by atoms with Gasteiger partial charge < -0.3 is 9.84 Å². The van der Waals surface area contributed by atoms with E-state index in [1.807, 2.05) is 0 Å². The average Bonchev–Trinajstić information content (AvgIpc) is 2.30. The lowest BCUT2D eigenvalue weighted by Crippen LogP contribution is -2.22. The van der Waals surface area contributed by atoms with E-state index in [1.165, 1.54) is 0 Å². The van der Waals surface area contributed by atoms with E-state index in [1.54, 1.807) is 39.0 Å². The summed E-state index contributed by atoms with van der Waals surface area (Å²) >= 11 is 3.32. The van der Waals surface area contributed by atoms with E-state index in [4.69, 9.17) is 4.74 Å². The van der Waals surface area contributed by atoms with Gasteiger partial charge in [-0.05, 0) is 39.0 Å². The summed E-state index contributed by atoms with van der Waals surface area (Å²) in [6.07, 6.45) is -0.672. The van der Waals surface area contributed by atoms with E-state index in [2.05, 4.69) is 15.9 Å².